The Morgan fingerprint density at radius 3 is 2.89 bits per heavy atom. The first-order chi connectivity index (χ1) is 13.0. The van der Waals surface area contributed by atoms with Crippen molar-refractivity contribution in [1.29, 1.82) is 0 Å². The van der Waals surface area contributed by atoms with Gasteiger partial charge in [-0.3, -0.25) is 14.3 Å². The number of nitrogens with zero attached hydrogens (tertiary/aromatic N) is 3. The second kappa shape index (κ2) is 6.68. The van der Waals surface area contributed by atoms with Crippen LogP contribution in [0.3, 0.4) is 0 Å². The van der Waals surface area contributed by atoms with Gasteiger partial charge in [-0.1, -0.05) is 18.2 Å². The van der Waals surface area contributed by atoms with Gasteiger partial charge in [-0.2, -0.15) is 5.10 Å². The summed E-state index contributed by atoms with van der Waals surface area (Å²) in [6.07, 6.45) is 6.01. The number of H-pyrrole nitrogens is 1. The van der Waals surface area contributed by atoms with Crippen LogP contribution in [0.15, 0.2) is 35.4 Å². The molecule has 0 spiro atoms. The Bertz CT molecular complexity index is 1080. The molecular weight excluding hydrogens is 340 g/mol. The van der Waals surface area contributed by atoms with Gasteiger partial charge in [-0.05, 0) is 49.8 Å². The molecule has 1 N–H and O–H groups in total. The highest BCUT2D eigenvalue weighted by Gasteiger charge is 2.31. The van der Waals surface area contributed by atoms with E-state index in [1.54, 1.807) is 11.7 Å². The average Bonchev–Trinajstić information content (AvgIpc) is 3.06. The molecule has 2 aromatic heterocycles. The van der Waals surface area contributed by atoms with Gasteiger partial charge in [-0.15, -0.1) is 0 Å². The number of rotatable bonds is 2. The Morgan fingerprint density at radius 1 is 1.26 bits per heavy atom. The minimum atomic E-state index is -0.257. The lowest BCUT2D eigenvalue weighted by Gasteiger charge is -2.37. The number of carbonyl (C=O) groups is 1. The lowest BCUT2D eigenvalue weighted by Crippen LogP contribution is -2.40. The van der Waals surface area contributed by atoms with Crippen LogP contribution in [-0.4, -0.2) is 32.1 Å². The summed E-state index contributed by atoms with van der Waals surface area (Å²) in [7, 11) is 1.76. The minimum absolute atomic E-state index is 0.00939. The number of pyridine rings is 1. The molecular formula is C21H24N4O2. The Balaban J connectivity index is 1.76. The van der Waals surface area contributed by atoms with Gasteiger partial charge >= 0.3 is 0 Å². The van der Waals surface area contributed by atoms with Crippen LogP contribution in [0.1, 0.15) is 52.4 Å². The fraction of sp³-hybridized carbons (Fsp3) is 0.381. The van der Waals surface area contributed by atoms with E-state index in [-0.39, 0.29) is 22.9 Å². The van der Waals surface area contributed by atoms with Gasteiger partial charge in [-0.25, -0.2) is 0 Å². The van der Waals surface area contributed by atoms with E-state index in [9.17, 15) is 9.59 Å². The Morgan fingerprint density at radius 2 is 2.07 bits per heavy atom. The van der Waals surface area contributed by atoms with Crippen LogP contribution in [0.4, 0.5) is 0 Å². The lowest BCUT2D eigenvalue weighted by atomic mass is 9.90. The number of nitrogens with one attached hydrogen (secondary N) is 1. The van der Waals surface area contributed by atoms with Crippen LogP contribution >= 0.6 is 0 Å². The SMILES string of the molecule is Cc1cccc(C2CCCCN2C(=O)c2c[nH]c3c(cnn3C)c2=O)c1C. The van der Waals surface area contributed by atoms with Gasteiger partial charge in [0.2, 0.25) is 5.43 Å². The molecule has 6 heteroatoms. The molecule has 1 aromatic carbocycles. The summed E-state index contributed by atoms with van der Waals surface area (Å²) >= 11 is 0. The van der Waals surface area contributed by atoms with Gasteiger partial charge in [0.25, 0.3) is 5.91 Å². The summed E-state index contributed by atoms with van der Waals surface area (Å²) < 4.78 is 1.60. The van der Waals surface area contributed by atoms with Crippen molar-refractivity contribution < 1.29 is 4.79 Å². The van der Waals surface area contributed by atoms with Crippen molar-refractivity contribution in [3.8, 4) is 0 Å². The molecule has 1 aliphatic rings. The number of aromatic nitrogens is 3. The number of fused-ring (bicyclic) bond motifs is 1. The van der Waals surface area contributed by atoms with Crippen molar-refractivity contribution in [1.82, 2.24) is 19.7 Å². The van der Waals surface area contributed by atoms with E-state index in [1.807, 2.05) is 11.0 Å². The van der Waals surface area contributed by atoms with Crippen molar-refractivity contribution in [2.45, 2.75) is 39.2 Å². The largest absolute Gasteiger partial charge is 0.345 e. The maximum absolute atomic E-state index is 13.3. The molecule has 1 unspecified atom stereocenters. The molecule has 1 amide bonds. The number of carbonyl (C=O) groups excluding carboxylic acids is 1. The van der Waals surface area contributed by atoms with Gasteiger partial charge in [0.1, 0.15) is 11.2 Å². The van der Waals surface area contributed by atoms with E-state index in [2.05, 4.69) is 36.1 Å². The minimum Gasteiger partial charge on any atom is -0.345 e. The summed E-state index contributed by atoms with van der Waals surface area (Å²) in [5, 5.41) is 4.56. The second-order valence-corrected chi connectivity index (χ2v) is 7.36. The number of aromatic amines is 1. The molecule has 0 aliphatic carbocycles. The number of aryl methyl sites for hydroxylation is 2. The fourth-order valence-electron chi connectivity index (χ4n) is 4.07. The van der Waals surface area contributed by atoms with Crippen LogP contribution in [0, 0.1) is 13.8 Å². The summed E-state index contributed by atoms with van der Waals surface area (Å²) in [5.74, 6) is -0.201. The van der Waals surface area contributed by atoms with Crippen molar-refractivity contribution >= 4 is 16.9 Å². The Labute approximate surface area is 157 Å². The van der Waals surface area contributed by atoms with Gasteiger partial charge in [0, 0.05) is 19.8 Å². The van der Waals surface area contributed by atoms with E-state index in [1.165, 1.54) is 29.1 Å². The summed E-state index contributed by atoms with van der Waals surface area (Å²) in [4.78, 5) is 31.1. The zero-order valence-corrected chi connectivity index (χ0v) is 16.0. The lowest BCUT2D eigenvalue weighted by molar-refractivity contribution is 0.0609. The third-order valence-electron chi connectivity index (χ3n) is 5.78. The standard InChI is InChI=1S/C21H24N4O2/c1-13-7-6-8-15(14(13)2)18-9-4-5-10-25(18)21(27)17-11-22-20-16(19(17)26)12-23-24(20)3/h6-8,11-12,18H,4-5,9-10H2,1-3H3,(H,22,26). The van der Waals surface area contributed by atoms with Crippen LogP contribution in [0.5, 0.6) is 0 Å². The summed E-state index contributed by atoms with van der Waals surface area (Å²) in [5.41, 5.74) is 4.18. The Hall–Kier alpha value is -2.89. The molecule has 140 valence electrons. The number of hydrogen-bond acceptors (Lipinski definition) is 3. The predicted molar refractivity (Wildman–Crippen MR) is 105 cm³/mol. The van der Waals surface area contributed by atoms with Gasteiger partial charge < -0.3 is 9.88 Å². The summed E-state index contributed by atoms with van der Waals surface area (Å²) in [6, 6.07) is 6.25. The predicted octanol–water partition coefficient (Wildman–Crippen LogP) is 3.25. The number of hydrogen-bond donors (Lipinski definition) is 1. The normalized spacial score (nSPS) is 17.4. The van der Waals surface area contributed by atoms with Gasteiger partial charge in [0.15, 0.2) is 0 Å². The van der Waals surface area contributed by atoms with Crippen LogP contribution < -0.4 is 5.43 Å². The molecule has 27 heavy (non-hydrogen) atoms. The van der Waals surface area contributed by atoms with Crippen molar-refractivity contribution in [3.63, 3.8) is 0 Å². The van der Waals surface area contributed by atoms with Crippen LogP contribution in [-0.2, 0) is 7.05 Å². The molecule has 6 nitrogen and oxygen atoms in total. The van der Waals surface area contributed by atoms with Crippen LogP contribution in [0.25, 0.3) is 11.0 Å². The maximum Gasteiger partial charge on any atom is 0.259 e. The molecule has 1 saturated heterocycles. The first-order valence-electron chi connectivity index (χ1n) is 9.39. The molecule has 4 rings (SSSR count). The molecule has 0 bridgehead atoms. The highest BCUT2D eigenvalue weighted by molar-refractivity contribution is 5.97. The topological polar surface area (TPSA) is 71.0 Å². The number of likely N-dealkylation sites (tertiary alicyclic amines) is 1. The number of piperidine rings is 1. The first-order valence-corrected chi connectivity index (χ1v) is 9.39. The number of amides is 1. The Kier molecular flexibility index (Phi) is 4.34. The zero-order valence-electron chi connectivity index (χ0n) is 16.0. The molecule has 3 heterocycles. The van der Waals surface area contributed by atoms with Crippen LogP contribution in [0.2, 0.25) is 0 Å². The van der Waals surface area contributed by atoms with E-state index in [0.29, 0.717) is 17.6 Å². The molecule has 0 radical (unpaired) electrons. The highest BCUT2D eigenvalue weighted by Crippen LogP contribution is 2.34. The van der Waals surface area contributed by atoms with E-state index in [4.69, 9.17) is 0 Å². The quantitative estimate of drug-likeness (QED) is 0.759. The zero-order chi connectivity index (χ0) is 19.1. The molecule has 0 saturated carbocycles. The van der Waals surface area contributed by atoms with Crippen molar-refractivity contribution in [2.24, 2.45) is 7.05 Å². The molecule has 1 atom stereocenters. The summed E-state index contributed by atoms with van der Waals surface area (Å²) in [6.45, 7) is 4.87. The highest BCUT2D eigenvalue weighted by atomic mass is 16.2. The van der Waals surface area contributed by atoms with Gasteiger partial charge in [0.05, 0.1) is 17.6 Å². The third kappa shape index (κ3) is 2.85. The molecule has 3 aromatic rings. The molecule has 1 aliphatic heterocycles. The van der Waals surface area contributed by atoms with E-state index in [0.717, 1.165) is 19.3 Å². The first kappa shape index (κ1) is 17.5. The van der Waals surface area contributed by atoms with E-state index >= 15 is 0 Å². The third-order valence-corrected chi connectivity index (χ3v) is 5.78. The molecule has 1 fully saturated rings. The maximum atomic E-state index is 13.3. The van der Waals surface area contributed by atoms with Crippen molar-refractivity contribution in [3.05, 3.63) is 63.1 Å². The number of benzene rings is 1. The smallest absolute Gasteiger partial charge is 0.259 e. The van der Waals surface area contributed by atoms with E-state index < -0.39 is 0 Å². The monoisotopic (exact) mass is 364 g/mol. The average molecular weight is 364 g/mol. The second-order valence-electron chi connectivity index (χ2n) is 7.36. The fourth-order valence-corrected chi connectivity index (χ4v) is 4.07. The van der Waals surface area contributed by atoms with Crippen molar-refractivity contribution in [2.75, 3.05) is 6.54 Å².